The Bertz CT molecular complexity index is 1150. The summed E-state index contributed by atoms with van der Waals surface area (Å²) in [7, 11) is 2.50. The lowest BCUT2D eigenvalue weighted by molar-refractivity contribution is -0.149. The number of esters is 2. The zero-order chi connectivity index (χ0) is 23.0. The number of ether oxygens (including phenoxy) is 2. The molecule has 6 nitrogen and oxygen atoms in total. The Morgan fingerprint density at radius 1 is 1.16 bits per heavy atom. The van der Waals surface area contributed by atoms with Gasteiger partial charge in [-0.2, -0.15) is 0 Å². The van der Waals surface area contributed by atoms with Crippen LogP contribution in [0.15, 0.2) is 64.3 Å². The molecule has 1 aliphatic heterocycles. The van der Waals surface area contributed by atoms with Crippen LogP contribution in [0.3, 0.4) is 0 Å². The van der Waals surface area contributed by atoms with Crippen molar-refractivity contribution >= 4 is 29.1 Å². The highest BCUT2D eigenvalue weighted by Gasteiger charge is 2.49. The molecule has 32 heavy (non-hydrogen) atoms. The van der Waals surface area contributed by atoms with E-state index < -0.39 is 41.3 Å². The number of thiophene rings is 1. The Morgan fingerprint density at radius 3 is 2.56 bits per heavy atom. The van der Waals surface area contributed by atoms with Crippen LogP contribution in [0.25, 0.3) is 0 Å². The van der Waals surface area contributed by atoms with Crippen LogP contribution in [0.4, 0.5) is 4.39 Å². The Morgan fingerprint density at radius 2 is 1.94 bits per heavy atom. The summed E-state index contributed by atoms with van der Waals surface area (Å²) in [4.78, 5) is 40.2. The minimum Gasteiger partial charge on any atom is -0.468 e. The molecule has 3 atom stereocenters. The highest BCUT2D eigenvalue weighted by Crippen LogP contribution is 2.48. The van der Waals surface area contributed by atoms with Gasteiger partial charge in [-0.1, -0.05) is 18.2 Å². The maximum absolute atomic E-state index is 14.1. The van der Waals surface area contributed by atoms with Crippen LogP contribution in [-0.4, -0.2) is 31.9 Å². The van der Waals surface area contributed by atoms with Crippen molar-refractivity contribution < 1.29 is 28.2 Å². The quantitative estimate of drug-likeness (QED) is 0.558. The van der Waals surface area contributed by atoms with E-state index in [9.17, 15) is 18.8 Å². The van der Waals surface area contributed by atoms with E-state index in [2.05, 4.69) is 5.32 Å². The second kappa shape index (κ2) is 8.70. The number of methoxy groups -OCH3 is 2. The standard InChI is InChI=1S/C24H22FNO5S/c1-12-18(23(28)30-2)19(13-6-4-7-14(25)10-13)21-16(26-12)11-15(17-8-5-9-32-17)20(22(21)27)24(29)31-3/h4-10,15,19-20,26H,11H2,1-3H3/t15-,19+,20+/m1/s1. The SMILES string of the molecule is COC(=O)C1=C(C)NC2=C(C(=O)[C@@H](C(=O)OC)[C@@H](c3cccs3)C2)[C@H]1c1cccc(F)c1. The van der Waals surface area contributed by atoms with Crippen molar-refractivity contribution in [3.63, 3.8) is 0 Å². The second-order valence-corrected chi connectivity index (χ2v) is 8.71. The number of allylic oxidation sites excluding steroid dienone is 3. The molecule has 1 aliphatic carbocycles. The summed E-state index contributed by atoms with van der Waals surface area (Å²) in [6.07, 6.45) is 0.374. The number of nitrogens with one attached hydrogen (secondary N) is 1. The molecule has 0 saturated carbocycles. The number of benzene rings is 1. The van der Waals surface area contributed by atoms with Crippen molar-refractivity contribution in [3.05, 3.63) is 80.6 Å². The zero-order valence-electron chi connectivity index (χ0n) is 17.8. The van der Waals surface area contributed by atoms with E-state index in [0.29, 0.717) is 23.4 Å². The van der Waals surface area contributed by atoms with E-state index in [-0.39, 0.29) is 11.1 Å². The third-order valence-corrected chi connectivity index (χ3v) is 6.97. The molecule has 166 valence electrons. The van der Waals surface area contributed by atoms with Crippen molar-refractivity contribution in [2.75, 3.05) is 14.2 Å². The predicted octanol–water partition coefficient (Wildman–Crippen LogP) is 3.82. The molecule has 1 aromatic heterocycles. The number of hydrogen-bond acceptors (Lipinski definition) is 7. The van der Waals surface area contributed by atoms with Crippen LogP contribution in [-0.2, 0) is 23.9 Å². The number of dihydropyridines is 1. The van der Waals surface area contributed by atoms with Crippen LogP contribution in [0, 0.1) is 11.7 Å². The lowest BCUT2D eigenvalue weighted by Gasteiger charge is -2.39. The van der Waals surface area contributed by atoms with Gasteiger partial charge in [0, 0.05) is 33.7 Å². The largest absolute Gasteiger partial charge is 0.468 e. The van der Waals surface area contributed by atoms with Crippen LogP contribution < -0.4 is 5.32 Å². The van der Waals surface area contributed by atoms with E-state index in [1.165, 1.54) is 43.8 Å². The summed E-state index contributed by atoms with van der Waals surface area (Å²) in [5, 5.41) is 5.09. The Balaban J connectivity index is 1.92. The molecule has 2 aromatic rings. The third kappa shape index (κ3) is 3.64. The Kier molecular flexibility index (Phi) is 5.97. The molecule has 2 aliphatic rings. The summed E-state index contributed by atoms with van der Waals surface area (Å²) >= 11 is 1.47. The number of carbonyl (C=O) groups excluding carboxylic acids is 3. The fraction of sp³-hybridized carbons (Fsp3) is 0.292. The van der Waals surface area contributed by atoms with E-state index in [0.717, 1.165) is 4.88 Å². The molecule has 1 N–H and O–H groups in total. The average Bonchev–Trinajstić information content (AvgIpc) is 3.32. The molecular formula is C24H22FNO5S. The number of ketones is 1. The molecular weight excluding hydrogens is 433 g/mol. The fourth-order valence-corrected chi connectivity index (χ4v) is 5.47. The first kappa shape index (κ1) is 22.0. The summed E-state index contributed by atoms with van der Waals surface area (Å²) < 4.78 is 24.1. The van der Waals surface area contributed by atoms with E-state index >= 15 is 0 Å². The zero-order valence-corrected chi connectivity index (χ0v) is 18.6. The van der Waals surface area contributed by atoms with E-state index in [1.54, 1.807) is 13.0 Å². The summed E-state index contributed by atoms with van der Waals surface area (Å²) in [6.45, 7) is 1.72. The molecule has 0 amide bonds. The van der Waals surface area contributed by atoms with Gasteiger partial charge in [-0.25, -0.2) is 9.18 Å². The molecule has 0 spiro atoms. The monoisotopic (exact) mass is 455 g/mol. The molecule has 0 fully saturated rings. The van der Waals surface area contributed by atoms with E-state index in [1.807, 2.05) is 17.5 Å². The Hall–Kier alpha value is -3.26. The lowest BCUT2D eigenvalue weighted by atomic mass is 9.68. The molecule has 4 rings (SSSR count). The summed E-state index contributed by atoms with van der Waals surface area (Å²) in [5.74, 6) is -4.52. The van der Waals surface area contributed by atoms with Gasteiger partial charge in [-0.3, -0.25) is 9.59 Å². The fourth-order valence-electron chi connectivity index (χ4n) is 4.60. The van der Waals surface area contributed by atoms with Gasteiger partial charge in [0.15, 0.2) is 5.78 Å². The van der Waals surface area contributed by atoms with Crippen molar-refractivity contribution in [2.24, 2.45) is 5.92 Å². The van der Waals surface area contributed by atoms with Gasteiger partial charge in [0.25, 0.3) is 0 Å². The first-order chi connectivity index (χ1) is 15.4. The van der Waals surface area contributed by atoms with Gasteiger partial charge < -0.3 is 14.8 Å². The highest BCUT2D eigenvalue weighted by molar-refractivity contribution is 7.10. The number of rotatable bonds is 4. The third-order valence-electron chi connectivity index (χ3n) is 5.97. The minimum atomic E-state index is -1.06. The van der Waals surface area contributed by atoms with E-state index in [4.69, 9.17) is 9.47 Å². The van der Waals surface area contributed by atoms with Gasteiger partial charge in [-0.05, 0) is 42.5 Å². The summed E-state index contributed by atoms with van der Waals surface area (Å²) in [6, 6.07) is 9.53. The lowest BCUT2D eigenvalue weighted by Crippen LogP contribution is -2.43. The van der Waals surface area contributed by atoms with Gasteiger partial charge in [-0.15, -0.1) is 11.3 Å². The molecule has 1 aromatic carbocycles. The van der Waals surface area contributed by atoms with Gasteiger partial charge in [0.05, 0.1) is 19.8 Å². The maximum atomic E-state index is 14.1. The first-order valence-corrected chi connectivity index (χ1v) is 10.9. The highest BCUT2D eigenvalue weighted by atomic mass is 32.1. The topological polar surface area (TPSA) is 81.7 Å². The molecule has 0 saturated heterocycles. The maximum Gasteiger partial charge on any atom is 0.336 e. The molecule has 8 heteroatoms. The van der Waals surface area contributed by atoms with Gasteiger partial charge in [0.2, 0.25) is 0 Å². The van der Waals surface area contributed by atoms with Crippen LogP contribution in [0.2, 0.25) is 0 Å². The van der Waals surface area contributed by atoms with Crippen LogP contribution in [0.5, 0.6) is 0 Å². The van der Waals surface area contributed by atoms with Crippen LogP contribution >= 0.6 is 11.3 Å². The first-order valence-electron chi connectivity index (χ1n) is 10.1. The number of carbonyl (C=O) groups is 3. The van der Waals surface area contributed by atoms with Crippen molar-refractivity contribution in [3.8, 4) is 0 Å². The average molecular weight is 456 g/mol. The van der Waals surface area contributed by atoms with Crippen molar-refractivity contribution in [1.82, 2.24) is 5.32 Å². The molecule has 0 bridgehead atoms. The number of halogens is 1. The molecule has 0 unspecified atom stereocenters. The normalized spacial score (nSPS) is 22.9. The van der Waals surface area contributed by atoms with Crippen molar-refractivity contribution in [2.45, 2.75) is 25.2 Å². The van der Waals surface area contributed by atoms with Crippen LogP contribution in [0.1, 0.15) is 35.6 Å². The predicted molar refractivity (Wildman–Crippen MR) is 116 cm³/mol. The number of hydrogen-bond donors (Lipinski definition) is 1. The van der Waals surface area contributed by atoms with Gasteiger partial charge >= 0.3 is 11.9 Å². The Labute approximate surface area is 188 Å². The second-order valence-electron chi connectivity index (χ2n) is 7.73. The minimum absolute atomic E-state index is 0.211. The van der Waals surface area contributed by atoms with Crippen molar-refractivity contribution in [1.29, 1.82) is 0 Å². The number of Topliss-reactive ketones (excluding diaryl/α,β-unsaturated/α-hetero) is 1. The molecule has 2 heterocycles. The van der Waals surface area contributed by atoms with Gasteiger partial charge in [0.1, 0.15) is 11.7 Å². The summed E-state index contributed by atoms with van der Waals surface area (Å²) in [5.41, 5.74) is 2.06. The molecule has 0 radical (unpaired) electrons. The smallest absolute Gasteiger partial charge is 0.336 e.